The minimum absolute atomic E-state index is 0.140. The van der Waals surface area contributed by atoms with Crippen LogP contribution in [0, 0.1) is 0 Å². The largest absolute Gasteiger partial charge is 0.489 e. The topological polar surface area (TPSA) is 51.5 Å². The van der Waals surface area contributed by atoms with Crippen LogP contribution in [0.25, 0.3) is 21.7 Å². The Bertz CT molecular complexity index is 1230. The quantitative estimate of drug-likeness (QED) is 0.364. The fraction of sp³-hybridized carbons (Fsp3) is 0.240. The number of rotatable bonds is 7. The van der Waals surface area contributed by atoms with Crippen molar-refractivity contribution in [3.8, 4) is 5.75 Å². The van der Waals surface area contributed by atoms with Gasteiger partial charge in [0, 0.05) is 29.6 Å². The number of hydrogen-bond donors (Lipinski definition) is 1. The molecule has 1 aromatic heterocycles. The first-order valence-corrected chi connectivity index (χ1v) is 10.4. The Balaban J connectivity index is 1.49. The molecule has 154 valence electrons. The second kappa shape index (κ2) is 8.41. The number of aliphatic carboxylic acids is 1. The Kier molecular flexibility index (Phi) is 5.69. The van der Waals surface area contributed by atoms with Gasteiger partial charge in [-0.05, 0) is 66.4 Å². The third-order valence-corrected chi connectivity index (χ3v) is 5.62. The zero-order valence-electron chi connectivity index (χ0n) is 17.1. The molecule has 0 amide bonds. The third-order valence-electron chi connectivity index (χ3n) is 5.31. The summed E-state index contributed by atoms with van der Waals surface area (Å²) in [4.78, 5) is 10.8. The van der Waals surface area contributed by atoms with Crippen molar-refractivity contribution < 1.29 is 14.6 Å². The standard InChI is InChI=1S/C25H24ClNO3/c1-16(2)27-14-23(26)22-12-18(4-9-24(22)27)15-30-21-8-7-19-11-17(5-10-25(28)29)3-6-20(19)13-21/h3-4,6-9,11-14,16H,5,10,15H2,1-2H3,(H,28,29). The van der Waals surface area contributed by atoms with Gasteiger partial charge < -0.3 is 14.4 Å². The molecule has 0 saturated heterocycles. The fourth-order valence-corrected chi connectivity index (χ4v) is 3.97. The third kappa shape index (κ3) is 4.29. The van der Waals surface area contributed by atoms with Crippen molar-refractivity contribution in [2.24, 2.45) is 0 Å². The maximum absolute atomic E-state index is 10.8. The molecule has 0 aliphatic rings. The van der Waals surface area contributed by atoms with Gasteiger partial charge >= 0.3 is 5.97 Å². The lowest BCUT2D eigenvalue weighted by atomic mass is 10.0. The van der Waals surface area contributed by atoms with E-state index in [1.54, 1.807) is 0 Å². The van der Waals surface area contributed by atoms with Crippen molar-refractivity contribution in [2.45, 2.75) is 39.3 Å². The summed E-state index contributed by atoms with van der Waals surface area (Å²) in [7, 11) is 0. The summed E-state index contributed by atoms with van der Waals surface area (Å²) in [5.41, 5.74) is 3.22. The van der Waals surface area contributed by atoms with Crippen LogP contribution in [-0.2, 0) is 17.8 Å². The summed E-state index contributed by atoms with van der Waals surface area (Å²) in [6.07, 6.45) is 2.66. The predicted octanol–water partition coefficient (Wildman–Crippen LogP) is 6.63. The predicted molar refractivity (Wildman–Crippen MR) is 122 cm³/mol. The monoisotopic (exact) mass is 421 g/mol. The number of carbonyl (C=O) groups is 1. The average Bonchev–Trinajstić information content (AvgIpc) is 3.07. The van der Waals surface area contributed by atoms with Gasteiger partial charge in [0.25, 0.3) is 0 Å². The molecule has 0 atom stereocenters. The first-order chi connectivity index (χ1) is 14.4. The summed E-state index contributed by atoms with van der Waals surface area (Å²) >= 11 is 6.43. The molecule has 0 radical (unpaired) electrons. The molecule has 4 nitrogen and oxygen atoms in total. The van der Waals surface area contributed by atoms with E-state index in [1.165, 1.54) is 0 Å². The first kappa shape index (κ1) is 20.3. The molecule has 4 aromatic rings. The molecule has 0 unspecified atom stereocenters. The van der Waals surface area contributed by atoms with Gasteiger partial charge in [0.15, 0.2) is 0 Å². The molecule has 1 heterocycles. The van der Waals surface area contributed by atoms with Crippen LogP contribution < -0.4 is 4.74 Å². The maximum atomic E-state index is 10.8. The number of carboxylic acids is 1. The van der Waals surface area contributed by atoms with E-state index in [9.17, 15) is 4.79 Å². The second-order valence-electron chi connectivity index (χ2n) is 7.86. The van der Waals surface area contributed by atoms with Gasteiger partial charge in [0.1, 0.15) is 12.4 Å². The van der Waals surface area contributed by atoms with Gasteiger partial charge in [0.05, 0.1) is 5.02 Å². The summed E-state index contributed by atoms with van der Waals surface area (Å²) in [6, 6.07) is 18.6. The number of aryl methyl sites for hydroxylation is 1. The lowest BCUT2D eigenvalue weighted by molar-refractivity contribution is -0.136. The van der Waals surface area contributed by atoms with Crippen LogP contribution in [0.5, 0.6) is 5.75 Å². The van der Waals surface area contributed by atoms with E-state index in [0.717, 1.165) is 43.6 Å². The number of ether oxygens (including phenoxy) is 1. The van der Waals surface area contributed by atoms with Gasteiger partial charge in [-0.3, -0.25) is 4.79 Å². The van der Waals surface area contributed by atoms with E-state index >= 15 is 0 Å². The van der Waals surface area contributed by atoms with E-state index in [4.69, 9.17) is 21.4 Å². The molecule has 0 aliphatic heterocycles. The normalized spacial score (nSPS) is 11.5. The molecule has 30 heavy (non-hydrogen) atoms. The van der Waals surface area contributed by atoms with Crippen molar-refractivity contribution in [1.29, 1.82) is 0 Å². The average molecular weight is 422 g/mol. The van der Waals surface area contributed by atoms with Gasteiger partial charge in [-0.15, -0.1) is 0 Å². The molecule has 1 N–H and O–H groups in total. The van der Waals surface area contributed by atoms with Crippen LogP contribution in [0.15, 0.2) is 60.8 Å². The summed E-state index contributed by atoms with van der Waals surface area (Å²) < 4.78 is 8.20. The van der Waals surface area contributed by atoms with Crippen molar-refractivity contribution in [3.05, 3.63) is 76.9 Å². The minimum Gasteiger partial charge on any atom is -0.489 e. The number of nitrogens with zero attached hydrogens (tertiary/aromatic N) is 1. The minimum atomic E-state index is -0.779. The highest BCUT2D eigenvalue weighted by Gasteiger charge is 2.10. The van der Waals surface area contributed by atoms with Gasteiger partial charge in [-0.25, -0.2) is 0 Å². The van der Waals surface area contributed by atoms with Gasteiger partial charge in [-0.2, -0.15) is 0 Å². The van der Waals surface area contributed by atoms with Crippen LogP contribution in [0.2, 0.25) is 5.02 Å². The molecule has 0 spiro atoms. The van der Waals surface area contributed by atoms with Crippen LogP contribution in [0.4, 0.5) is 0 Å². The van der Waals surface area contributed by atoms with Crippen molar-refractivity contribution in [3.63, 3.8) is 0 Å². The molecule has 3 aromatic carbocycles. The highest BCUT2D eigenvalue weighted by Crippen LogP contribution is 2.30. The van der Waals surface area contributed by atoms with E-state index < -0.39 is 5.97 Å². The van der Waals surface area contributed by atoms with Crippen LogP contribution in [0.1, 0.15) is 37.4 Å². The number of aromatic nitrogens is 1. The highest BCUT2D eigenvalue weighted by molar-refractivity contribution is 6.35. The number of halogens is 1. The van der Waals surface area contributed by atoms with Crippen LogP contribution >= 0.6 is 11.6 Å². The first-order valence-electron chi connectivity index (χ1n) is 10.1. The Hall–Kier alpha value is -2.98. The number of benzene rings is 3. The van der Waals surface area contributed by atoms with Crippen molar-refractivity contribution in [1.82, 2.24) is 4.57 Å². The number of fused-ring (bicyclic) bond motifs is 2. The van der Waals surface area contributed by atoms with Crippen LogP contribution in [-0.4, -0.2) is 15.6 Å². The Morgan fingerprint density at radius 2 is 1.77 bits per heavy atom. The highest BCUT2D eigenvalue weighted by atomic mass is 35.5. The molecule has 4 rings (SSSR count). The molecule has 5 heteroatoms. The van der Waals surface area contributed by atoms with Gasteiger partial charge in [-0.1, -0.05) is 41.9 Å². The van der Waals surface area contributed by atoms with E-state index in [1.807, 2.05) is 42.6 Å². The maximum Gasteiger partial charge on any atom is 0.303 e. The van der Waals surface area contributed by atoms with E-state index in [-0.39, 0.29) is 6.42 Å². The zero-order valence-corrected chi connectivity index (χ0v) is 17.8. The fourth-order valence-electron chi connectivity index (χ4n) is 3.71. The zero-order chi connectivity index (χ0) is 21.3. The molecule has 0 aliphatic carbocycles. The van der Waals surface area contributed by atoms with E-state index in [0.29, 0.717) is 19.1 Å². The summed E-state index contributed by atoms with van der Waals surface area (Å²) in [6.45, 7) is 4.74. The number of carboxylic acid groups (broad SMARTS) is 1. The molecular weight excluding hydrogens is 398 g/mol. The van der Waals surface area contributed by atoms with E-state index in [2.05, 4.69) is 36.6 Å². The molecule has 0 saturated carbocycles. The smallest absolute Gasteiger partial charge is 0.303 e. The number of hydrogen-bond acceptors (Lipinski definition) is 2. The SMILES string of the molecule is CC(C)n1cc(Cl)c2cc(COc3ccc4cc(CCC(=O)O)ccc4c3)ccc21. The molecular formula is C25H24ClNO3. The van der Waals surface area contributed by atoms with Crippen molar-refractivity contribution in [2.75, 3.05) is 0 Å². The lowest BCUT2D eigenvalue weighted by Gasteiger charge is -2.11. The summed E-state index contributed by atoms with van der Waals surface area (Å²) in [5.74, 6) is 0.0193. The molecule has 0 bridgehead atoms. The Morgan fingerprint density at radius 1 is 1.03 bits per heavy atom. The molecule has 0 fully saturated rings. The summed E-state index contributed by atoms with van der Waals surface area (Å²) in [5, 5.41) is 12.8. The Morgan fingerprint density at radius 3 is 2.53 bits per heavy atom. The Labute approximate surface area is 180 Å². The second-order valence-corrected chi connectivity index (χ2v) is 8.26. The van der Waals surface area contributed by atoms with Crippen LogP contribution in [0.3, 0.4) is 0 Å². The van der Waals surface area contributed by atoms with Crippen molar-refractivity contribution >= 4 is 39.2 Å². The lowest BCUT2D eigenvalue weighted by Crippen LogP contribution is -1.99. The van der Waals surface area contributed by atoms with Gasteiger partial charge in [0.2, 0.25) is 0 Å².